The fourth-order valence-corrected chi connectivity index (χ4v) is 2.44. The summed E-state index contributed by atoms with van der Waals surface area (Å²) < 4.78 is 0. The Morgan fingerprint density at radius 1 is 1.44 bits per heavy atom. The van der Waals surface area contributed by atoms with Crippen LogP contribution in [-0.2, 0) is 0 Å². The summed E-state index contributed by atoms with van der Waals surface area (Å²) in [5, 5.41) is 13.4. The van der Waals surface area contributed by atoms with Gasteiger partial charge in [-0.3, -0.25) is 4.79 Å². The smallest absolute Gasteiger partial charge is 0.255 e. The number of nitrogens with zero attached hydrogens (tertiary/aromatic N) is 1. The molecule has 0 radical (unpaired) electrons. The molecule has 0 aromatic heterocycles. The maximum atomic E-state index is 12.3. The van der Waals surface area contributed by atoms with Gasteiger partial charge in [-0.2, -0.15) is 0 Å². The van der Waals surface area contributed by atoms with Gasteiger partial charge in [0.1, 0.15) is 0 Å². The first-order valence-electron chi connectivity index (χ1n) is 5.62. The van der Waals surface area contributed by atoms with Crippen LogP contribution in [0, 0.1) is 0 Å². The molecule has 0 bridgehead atoms. The molecule has 0 spiro atoms. The van der Waals surface area contributed by atoms with Crippen LogP contribution in [0.4, 0.5) is 0 Å². The largest absolute Gasteiger partial charge is 0.390 e. The van der Waals surface area contributed by atoms with Gasteiger partial charge < -0.3 is 15.3 Å². The zero-order chi connectivity index (χ0) is 13.3. The van der Waals surface area contributed by atoms with Crippen LogP contribution in [0.5, 0.6) is 0 Å². The highest BCUT2D eigenvalue weighted by molar-refractivity contribution is 6.43. The Balaban J connectivity index is 2.23. The quantitative estimate of drug-likeness (QED) is 0.865. The van der Waals surface area contributed by atoms with E-state index >= 15 is 0 Å². The number of halogens is 2. The summed E-state index contributed by atoms with van der Waals surface area (Å²) in [6, 6.07) is 4.69. The average molecular weight is 289 g/mol. The molecule has 1 amide bonds. The number of rotatable bonds is 2. The van der Waals surface area contributed by atoms with E-state index in [0.717, 1.165) is 0 Å². The standard InChI is InChI=1S/C12H14Cl2N2O2/c1-16(9-5-15-6-10(9)17)12(18)7-3-2-4-8(13)11(7)14/h2-4,9-10,15,17H,5-6H2,1H3/t9-,10-/m0/s1. The maximum absolute atomic E-state index is 12.3. The second-order valence-electron chi connectivity index (χ2n) is 4.31. The Hall–Kier alpha value is -0.810. The van der Waals surface area contributed by atoms with Gasteiger partial charge in [0.2, 0.25) is 0 Å². The van der Waals surface area contributed by atoms with Gasteiger partial charge >= 0.3 is 0 Å². The van der Waals surface area contributed by atoms with Crippen molar-refractivity contribution in [3.8, 4) is 0 Å². The van der Waals surface area contributed by atoms with Crippen molar-refractivity contribution in [3.63, 3.8) is 0 Å². The van der Waals surface area contributed by atoms with Crippen LogP contribution in [0.1, 0.15) is 10.4 Å². The molecule has 1 aromatic carbocycles. The molecule has 2 rings (SSSR count). The number of carbonyl (C=O) groups excluding carboxylic acids is 1. The van der Waals surface area contributed by atoms with Gasteiger partial charge in [0.15, 0.2) is 0 Å². The molecule has 18 heavy (non-hydrogen) atoms. The highest BCUT2D eigenvalue weighted by atomic mass is 35.5. The SMILES string of the molecule is CN(C(=O)c1cccc(Cl)c1Cl)[C@H]1CNC[C@@H]1O. The Bertz CT molecular complexity index is 467. The van der Waals surface area contributed by atoms with Gasteiger partial charge in [-0.1, -0.05) is 29.3 Å². The van der Waals surface area contributed by atoms with Crippen LogP contribution >= 0.6 is 23.2 Å². The van der Waals surface area contributed by atoms with E-state index in [0.29, 0.717) is 23.7 Å². The molecule has 98 valence electrons. The summed E-state index contributed by atoms with van der Waals surface area (Å²) in [4.78, 5) is 13.8. The van der Waals surface area contributed by atoms with Crippen LogP contribution < -0.4 is 5.32 Å². The highest BCUT2D eigenvalue weighted by Crippen LogP contribution is 2.27. The molecular formula is C12H14Cl2N2O2. The zero-order valence-corrected chi connectivity index (χ0v) is 11.4. The first kappa shape index (κ1) is 13.6. The number of likely N-dealkylation sites (N-methyl/N-ethyl adjacent to an activating group) is 1. The summed E-state index contributed by atoms with van der Waals surface area (Å²) in [6.07, 6.45) is -0.558. The van der Waals surface area contributed by atoms with E-state index in [1.54, 1.807) is 25.2 Å². The minimum Gasteiger partial charge on any atom is -0.390 e. The van der Waals surface area contributed by atoms with Crippen LogP contribution in [0.2, 0.25) is 10.0 Å². The Morgan fingerprint density at radius 3 is 2.78 bits per heavy atom. The fraction of sp³-hybridized carbons (Fsp3) is 0.417. The minimum atomic E-state index is -0.558. The molecule has 0 unspecified atom stereocenters. The Kier molecular flexibility index (Phi) is 4.12. The van der Waals surface area contributed by atoms with Crippen molar-refractivity contribution < 1.29 is 9.90 Å². The summed E-state index contributed by atoms with van der Waals surface area (Å²) in [5.74, 6) is -0.241. The third kappa shape index (κ3) is 2.47. The first-order chi connectivity index (χ1) is 8.52. The predicted octanol–water partition coefficient (Wildman–Crippen LogP) is 1.40. The summed E-state index contributed by atoms with van der Waals surface area (Å²) in [5.41, 5.74) is 0.353. The summed E-state index contributed by atoms with van der Waals surface area (Å²) in [6.45, 7) is 1.06. The number of hydrogen-bond donors (Lipinski definition) is 2. The minimum absolute atomic E-state index is 0.241. The lowest BCUT2D eigenvalue weighted by Crippen LogP contribution is -2.44. The lowest BCUT2D eigenvalue weighted by atomic mass is 10.1. The number of amides is 1. The van der Waals surface area contributed by atoms with Crippen molar-refractivity contribution in [2.24, 2.45) is 0 Å². The normalized spacial score (nSPS) is 23.1. The van der Waals surface area contributed by atoms with Gasteiger partial charge in [0.25, 0.3) is 5.91 Å². The van der Waals surface area contributed by atoms with Crippen LogP contribution in [0.3, 0.4) is 0 Å². The van der Waals surface area contributed by atoms with Gasteiger partial charge in [-0.05, 0) is 12.1 Å². The predicted molar refractivity (Wildman–Crippen MR) is 71.2 cm³/mol. The number of hydrogen-bond acceptors (Lipinski definition) is 3. The van der Waals surface area contributed by atoms with Crippen molar-refractivity contribution >= 4 is 29.1 Å². The second kappa shape index (κ2) is 5.45. The molecule has 6 heteroatoms. The van der Waals surface area contributed by atoms with Crippen molar-refractivity contribution in [2.45, 2.75) is 12.1 Å². The van der Waals surface area contributed by atoms with Gasteiger partial charge in [-0.25, -0.2) is 0 Å². The van der Waals surface area contributed by atoms with E-state index < -0.39 is 6.10 Å². The monoisotopic (exact) mass is 288 g/mol. The molecule has 1 fully saturated rings. The van der Waals surface area contributed by atoms with Gasteiger partial charge in [0, 0.05) is 20.1 Å². The van der Waals surface area contributed by atoms with Crippen LogP contribution in [-0.4, -0.2) is 48.2 Å². The second-order valence-corrected chi connectivity index (χ2v) is 5.10. The summed E-state index contributed by atoms with van der Waals surface area (Å²) in [7, 11) is 1.65. The molecule has 1 aliphatic rings. The molecule has 2 atom stereocenters. The molecule has 1 aromatic rings. The van der Waals surface area contributed by atoms with Gasteiger partial charge in [0.05, 0.1) is 27.8 Å². The number of nitrogens with one attached hydrogen (secondary N) is 1. The maximum Gasteiger partial charge on any atom is 0.255 e. The molecule has 1 heterocycles. The average Bonchev–Trinajstić information content (AvgIpc) is 2.77. The number of β-amino-alcohol motifs (C(OH)–C–C–N with tert-alkyl or cyclic N) is 1. The van der Waals surface area contributed by atoms with Crippen molar-refractivity contribution in [2.75, 3.05) is 20.1 Å². The van der Waals surface area contributed by atoms with E-state index in [2.05, 4.69) is 5.32 Å². The van der Waals surface area contributed by atoms with E-state index in [9.17, 15) is 9.90 Å². The van der Waals surface area contributed by atoms with Crippen molar-refractivity contribution in [1.29, 1.82) is 0 Å². The number of aliphatic hydroxyl groups is 1. The van der Waals surface area contributed by atoms with Crippen molar-refractivity contribution in [1.82, 2.24) is 10.2 Å². The van der Waals surface area contributed by atoms with E-state index in [1.807, 2.05) is 0 Å². The van der Waals surface area contributed by atoms with E-state index in [1.165, 1.54) is 4.90 Å². The molecular weight excluding hydrogens is 275 g/mol. The number of benzene rings is 1. The fourth-order valence-electron chi connectivity index (χ4n) is 2.06. The third-order valence-corrected chi connectivity index (χ3v) is 3.97. The van der Waals surface area contributed by atoms with Gasteiger partial charge in [-0.15, -0.1) is 0 Å². The Morgan fingerprint density at radius 2 is 2.17 bits per heavy atom. The molecule has 1 aliphatic heterocycles. The van der Waals surface area contributed by atoms with E-state index in [4.69, 9.17) is 23.2 Å². The molecule has 2 N–H and O–H groups in total. The van der Waals surface area contributed by atoms with Crippen LogP contribution in [0.15, 0.2) is 18.2 Å². The summed E-state index contributed by atoms with van der Waals surface area (Å²) >= 11 is 11.9. The topological polar surface area (TPSA) is 52.6 Å². The number of carbonyl (C=O) groups is 1. The molecule has 0 saturated carbocycles. The zero-order valence-electron chi connectivity index (χ0n) is 9.86. The molecule has 0 aliphatic carbocycles. The van der Waals surface area contributed by atoms with Crippen LogP contribution in [0.25, 0.3) is 0 Å². The molecule has 1 saturated heterocycles. The highest BCUT2D eigenvalue weighted by Gasteiger charge is 2.32. The molecule has 4 nitrogen and oxygen atoms in total. The first-order valence-corrected chi connectivity index (χ1v) is 6.38. The Labute approximate surface area is 115 Å². The van der Waals surface area contributed by atoms with E-state index in [-0.39, 0.29) is 17.0 Å². The lowest BCUT2D eigenvalue weighted by molar-refractivity contribution is 0.0581. The van der Waals surface area contributed by atoms with Crippen molar-refractivity contribution in [3.05, 3.63) is 33.8 Å². The number of aliphatic hydroxyl groups excluding tert-OH is 1. The lowest BCUT2D eigenvalue weighted by Gasteiger charge is -2.26. The third-order valence-electron chi connectivity index (χ3n) is 3.15.